The van der Waals surface area contributed by atoms with Gasteiger partial charge in [-0.1, -0.05) is 19.1 Å². The fourth-order valence-electron chi connectivity index (χ4n) is 2.50. The largest absolute Gasteiger partial charge is 0.325 e. The van der Waals surface area contributed by atoms with E-state index in [0.717, 1.165) is 23.4 Å². The van der Waals surface area contributed by atoms with Gasteiger partial charge in [0.1, 0.15) is 5.82 Å². The highest BCUT2D eigenvalue weighted by Crippen LogP contribution is 2.18. The zero-order chi connectivity index (χ0) is 14.8. The summed E-state index contributed by atoms with van der Waals surface area (Å²) in [4.78, 5) is 0. The van der Waals surface area contributed by atoms with Crippen molar-refractivity contribution in [3.8, 4) is 0 Å². The van der Waals surface area contributed by atoms with Crippen molar-refractivity contribution in [1.29, 1.82) is 0 Å². The van der Waals surface area contributed by atoms with Crippen LogP contribution >= 0.6 is 0 Å². The van der Waals surface area contributed by atoms with Gasteiger partial charge in [-0.2, -0.15) is 5.10 Å². The minimum Gasteiger partial charge on any atom is -0.325 e. The lowest BCUT2D eigenvalue weighted by Crippen LogP contribution is -2.41. The summed E-state index contributed by atoms with van der Waals surface area (Å²) in [6, 6.07) is 8.73. The molecular weight excluding hydrogens is 253 g/mol. The highest BCUT2D eigenvalue weighted by molar-refractivity contribution is 5.21. The Morgan fingerprint density at radius 1 is 1.30 bits per heavy atom. The lowest BCUT2D eigenvalue weighted by atomic mass is 9.89. The first-order valence-corrected chi connectivity index (χ1v) is 6.95. The third-order valence-electron chi connectivity index (χ3n) is 3.47. The van der Waals surface area contributed by atoms with Crippen LogP contribution in [0, 0.1) is 5.82 Å². The molecule has 0 amide bonds. The van der Waals surface area contributed by atoms with E-state index in [-0.39, 0.29) is 5.82 Å². The Morgan fingerprint density at radius 2 is 2.05 bits per heavy atom. The topological polar surface area (TPSA) is 43.8 Å². The standard InChI is InChI=1S/C16H22FN3/c1-4-14-9-15(20(3)19-14)11-16(2,18)10-12-6-5-7-13(17)8-12/h5-9H,4,10-11,18H2,1-3H3. The summed E-state index contributed by atoms with van der Waals surface area (Å²) in [5, 5.41) is 4.44. The van der Waals surface area contributed by atoms with Crippen molar-refractivity contribution in [3.63, 3.8) is 0 Å². The predicted octanol–water partition coefficient (Wildman–Crippen LogP) is 2.62. The number of nitrogens with zero attached hydrogens (tertiary/aromatic N) is 2. The molecule has 1 aromatic heterocycles. The van der Waals surface area contributed by atoms with Crippen LogP contribution in [0.1, 0.15) is 30.8 Å². The Morgan fingerprint density at radius 3 is 2.65 bits per heavy atom. The Bertz CT molecular complexity index is 587. The molecule has 20 heavy (non-hydrogen) atoms. The minimum absolute atomic E-state index is 0.216. The number of halogens is 1. The van der Waals surface area contributed by atoms with E-state index in [2.05, 4.69) is 18.1 Å². The number of benzene rings is 1. The van der Waals surface area contributed by atoms with Crippen LogP contribution in [0.25, 0.3) is 0 Å². The Balaban J connectivity index is 2.12. The lowest BCUT2D eigenvalue weighted by Gasteiger charge is -2.24. The Labute approximate surface area is 119 Å². The van der Waals surface area contributed by atoms with Crippen molar-refractivity contribution in [2.24, 2.45) is 12.8 Å². The van der Waals surface area contributed by atoms with Gasteiger partial charge >= 0.3 is 0 Å². The minimum atomic E-state index is -0.424. The molecule has 2 N–H and O–H groups in total. The van der Waals surface area contributed by atoms with Crippen LogP contribution in [0.3, 0.4) is 0 Å². The van der Waals surface area contributed by atoms with Crippen molar-refractivity contribution in [3.05, 3.63) is 53.1 Å². The summed E-state index contributed by atoms with van der Waals surface area (Å²) < 4.78 is 15.1. The second-order valence-corrected chi connectivity index (χ2v) is 5.74. The molecule has 0 spiro atoms. The van der Waals surface area contributed by atoms with Gasteiger partial charge in [0.15, 0.2) is 0 Å². The average Bonchev–Trinajstić information content (AvgIpc) is 2.69. The summed E-state index contributed by atoms with van der Waals surface area (Å²) in [5.74, 6) is -0.216. The Kier molecular flexibility index (Phi) is 4.23. The maximum Gasteiger partial charge on any atom is 0.123 e. The first-order valence-electron chi connectivity index (χ1n) is 6.95. The molecule has 1 atom stereocenters. The van der Waals surface area contributed by atoms with Crippen LogP contribution in [-0.2, 0) is 26.3 Å². The molecular formula is C16H22FN3. The molecule has 2 rings (SSSR count). The van der Waals surface area contributed by atoms with Crippen molar-refractivity contribution < 1.29 is 4.39 Å². The fraction of sp³-hybridized carbons (Fsp3) is 0.438. The van der Waals surface area contributed by atoms with Gasteiger partial charge in [-0.15, -0.1) is 0 Å². The molecule has 3 nitrogen and oxygen atoms in total. The second-order valence-electron chi connectivity index (χ2n) is 5.74. The van der Waals surface area contributed by atoms with Crippen LogP contribution < -0.4 is 5.73 Å². The predicted molar refractivity (Wildman–Crippen MR) is 79.0 cm³/mol. The molecule has 0 bridgehead atoms. The molecule has 0 saturated heterocycles. The van der Waals surface area contributed by atoms with Gasteiger partial charge in [0.05, 0.1) is 5.69 Å². The van der Waals surface area contributed by atoms with E-state index in [9.17, 15) is 4.39 Å². The monoisotopic (exact) mass is 275 g/mol. The van der Waals surface area contributed by atoms with Crippen molar-refractivity contribution in [2.75, 3.05) is 0 Å². The van der Waals surface area contributed by atoms with Crippen LogP contribution in [0.15, 0.2) is 30.3 Å². The summed E-state index contributed by atoms with van der Waals surface area (Å²) >= 11 is 0. The molecule has 0 aliphatic heterocycles. The highest BCUT2D eigenvalue weighted by atomic mass is 19.1. The molecule has 0 aliphatic rings. The van der Waals surface area contributed by atoms with E-state index in [1.807, 2.05) is 24.7 Å². The number of hydrogen-bond donors (Lipinski definition) is 1. The quantitative estimate of drug-likeness (QED) is 0.911. The van der Waals surface area contributed by atoms with E-state index in [1.54, 1.807) is 12.1 Å². The Hall–Kier alpha value is -1.68. The number of nitrogens with two attached hydrogens (primary N) is 1. The van der Waals surface area contributed by atoms with E-state index < -0.39 is 5.54 Å². The molecule has 1 unspecified atom stereocenters. The third-order valence-corrected chi connectivity index (χ3v) is 3.47. The summed E-state index contributed by atoms with van der Waals surface area (Å²) in [6.07, 6.45) is 2.27. The zero-order valence-electron chi connectivity index (χ0n) is 12.4. The van der Waals surface area contributed by atoms with Crippen LogP contribution in [0.4, 0.5) is 4.39 Å². The molecule has 0 saturated carbocycles. The van der Waals surface area contributed by atoms with Crippen LogP contribution in [0.2, 0.25) is 0 Å². The molecule has 0 aliphatic carbocycles. The molecule has 1 aromatic carbocycles. The molecule has 1 heterocycles. The van der Waals surface area contributed by atoms with Gasteiger partial charge < -0.3 is 5.73 Å². The molecule has 0 radical (unpaired) electrons. The smallest absolute Gasteiger partial charge is 0.123 e. The summed E-state index contributed by atoms with van der Waals surface area (Å²) in [6.45, 7) is 4.08. The normalized spacial score (nSPS) is 14.2. The molecule has 0 fully saturated rings. The summed E-state index contributed by atoms with van der Waals surface area (Å²) in [5.41, 5.74) is 9.07. The molecule has 108 valence electrons. The van der Waals surface area contributed by atoms with Gasteiger partial charge in [0.25, 0.3) is 0 Å². The zero-order valence-corrected chi connectivity index (χ0v) is 12.4. The third kappa shape index (κ3) is 3.67. The number of hydrogen-bond acceptors (Lipinski definition) is 2. The average molecular weight is 275 g/mol. The number of rotatable bonds is 5. The summed E-state index contributed by atoms with van der Waals surface area (Å²) in [7, 11) is 1.94. The number of aryl methyl sites for hydroxylation is 2. The van der Waals surface area contributed by atoms with Gasteiger partial charge in [-0.25, -0.2) is 4.39 Å². The second kappa shape index (κ2) is 5.75. The van der Waals surface area contributed by atoms with E-state index in [0.29, 0.717) is 12.8 Å². The van der Waals surface area contributed by atoms with Crippen LogP contribution in [0.5, 0.6) is 0 Å². The fourth-order valence-corrected chi connectivity index (χ4v) is 2.50. The molecule has 2 aromatic rings. The highest BCUT2D eigenvalue weighted by Gasteiger charge is 2.22. The van der Waals surface area contributed by atoms with Crippen molar-refractivity contribution >= 4 is 0 Å². The maximum absolute atomic E-state index is 13.2. The van der Waals surface area contributed by atoms with Gasteiger partial charge in [0.2, 0.25) is 0 Å². The van der Waals surface area contributed by atoms with E-state index >= 15 is 0 Å². The van der Waals surface area contributed by atoms with Crippen molar-refractivity contribution in [2.45, 2.75) is 38.6 Å². The number of aromatic nitrogens is 2. The maximum atomic E-state index is 13.2. The van der Waals surface area contributed by atoms with Gasteiger partial charge in [-0.05, 0) is 43.5 Å². The SMILES string of the molecule is CCc1cc(CC(C)(N)Cc2cccc(F)c2)n(C)n1. The first-order chi connectivity index (χ1) is 9.39. The van der Waals surface area contributed by atoms with Gasteiger partial charge in [0, 0.05) is 24.7 Å². The molecule has 4 heteroatoms. The van der Waals surface area contributed by atoms with E-state index in [4.69, 9.17) is 5.73 Å². The lowest BCUT2D eigenvalue weighted by molar-refractivity contribution is 0.446. The first kappa shape index (κ1) is 14.7. The van der Waals surface area contributed by atoms with Crippen molar-refractivity contribution in [1.82, 2.24) is 9.78 Å². The van der Waals surface area contributed by atoms with E-state index in [1.165, 1.54) is 6.07 Å². The van der Waals surface area contributed by atoms with Gasteiger partial charge in [-0.3, -0.25) is 4.68 Å². The van der Waals surface area contributed by atoms with Crippen LogP contribution in [-0.4, -0.2) is 15.3 Å².